The maximum atomic E-state index is 12.6. The molecular formula is C16H15FN2O2S. The summed E-state index contributed by atoms with van der Waals surface area (Å²) < 4.78 is 13.5. The molecule has 0 amide bonds. The number of alkyl halides is 1. The van der Waals surface area contributed by atoms with Crippen LogP contribution >= 0.6 is 11.3 Å². The van der Waals surface area contributed by atoms with Gasteiger partial charge in [-0.3, -0.25) is 14.3 Å². The van der Waals surface area contributed by atoms with Crippen molar-refractivity contribution in [1.82, 2.24) is 9.55 Å². The fraction of sp³-hybridized carbons (Fsp3) is 0.250. The zero-order chi connectivity index (χ0) is 15.9. The third kappa shape index (κ3) is 2.29. The Morgan fingerprint density at radius 1 is 1.23 bits per heavy atom. The summed E-state index contributed by atoms with van der Waals surface area (Å²) in [6.07, 6.45) is 0. The van der Waals surface area contributed by atoms with Crippen molar-refractivity contribution in [1.29, 1.82) is 0 Å². The van der Waals surface area contributed by atoms with Crippen LogP contribution in [-0.4, -0.2) is 16.2 Å². The highest BCUT2D eigenvalue weighted by atomic mass is 32.1. The molecule has 1 N–H and O–H groups in total. The summed E-state index contributed by atoms with van der Waals surface area (Å²) in [6.45, 7) is 3.05. The molecule has 0 saturated carbocycles. The van der Waals surface area contributed by atoms with E-state index in [9.17, 15) is 14.0 Å². The molecule has 0 unspecified atom stereocenters. The Kier molecular flexibility index (Phi) is 3.70. The number of hydrogen-bond acceptors (Lipinski definition) is 3. The summed E-state index contributed by atoms with van der Waals surface area (Å²) in [5, 5.41) is 2.30. The molecule has 114 valence electrons. The van der Waals surface area contributed by atoms with E-state index in [0.29, 0.717) is 10.2 Å². The molecule has 0 fully saturated rings. The van der Waals surface area contributed by atoms with E-state index >= 15 is 0 Å². The fourth-order valence-electron chi connectivity index (χ4n) is 2.46. The van der Waals surface area contributed by atoms with Crippen LogP contribution in [0.15, 0.2) is 33.2 Å². The number of aromatic amines is 1. The van der Waals surface area contributed by atoms with Crippen LogP contribution in [0.4, 0.5) is 4.39 Å². The predicted molar refractivity (Wildman–Crippen MR) is 87.6 cm³/mol. The molecule has 0 atom stereocenters. The van der Waals surface area contributed by atoms with Crippen LogP contribution in [0, 0.1) is 13.8 Å². The van der Waals surface area contributed by atoms with Gasteiger partial charge in [0, 0.05) is 10.9 Å². The van der Waals surface area contributed by atoms with E-state index < -0.39 is 17.9 Å². The zero-order valence-electron chi connectivity index (χ0n) is 12.3. The highest BCUT2D eigenvalue weighted by Crippen LogP contribution is 2.31. The third-order valence-electron chi connectivity index (χ3n) is 3.84. The van der Waals surface area contributed by atoms with E-state index in [1.165, 1.54) is 16.9 Å². The van der Waals surface area contributed by atoms with Crippen molar-refractivity contribution in [3.05, 3.63) is 55.5 Å². The number of H-pyrrole nitrogens is 1. The van der Waals surface area contributed by atoms with Crippen molar-refractivity contribution in [3.63, 3.8) is 0 Å². The molecule has 3 aromatic rings. The first kappa shape index (κ1) is 14.7. The Labute approximate surface area is 129 Å². The van der Waals surface area contributed by atoms with Crippen molar-refractivity contribution in [3.8, 4) is 11.1 Å². The van der Waals surface area contributed by atoms with Crippen molar-refractivity contribution >= 4 is 21.6 Å². The lowest BCUT2D eigenvalue weighted by Gasteiger charge is -2.06. The van der Waals surface area contributed by atoms with E-state index in [2.05, 4.69) is 4.98 Å². The summed E-state index contributed by atoms with van der Waals surface area (Å²) >= 11 is 1.31. The summed E-state index contributed by atoms with van der Waals surface area (Å²) in [5.41, 5.74) is 2.99. The maximum absolute atomic E-state index is 12.6. The molecule has 3 rings (SSSR count). The van der Waals surface area contributed by atoms with Gasteiger partial charge in [-0.25, -0.2) is 9.18 Å². The standard InChI is InChI=1S/C16H15FN2O2S/c1-9-3-4-11(7-10(9)2)12-8-22-14-13(12)15(20)19(6-5-17)16(21)18-14/h3-4,7-8H,5-6H2,1-2H3,(H,18,21). The monoisotopic (exact) mass is 318 g/mol. The van der Waals surface area contributed by atoms with Gasteiger partial charge in [-0.05, 0) is 30.5 Å². The number of nitrogens with zero attached hydrogens (tertiary/aromatic N) is 1. The molecule has 22 heavy (non-hydrogen) atoms. The van der Waals surface area contributed by atoms with E-state index in [4.69, 9.17) is 0 Å². The quantitative estimate of drug-likeness (QED) is 0.807. The van der Waals surface area contributed by atoms with Gasteiger partial charge in [0.2, 0.25) is 0 Å². The number of thiophene rings is 1. The minimum absolute atomic E-state index is 0.230. The van der Waals surface area contributed by atoms with E-state index in [0.717, 1.165) is 21.3 Å². The van der Waals surface area contributed by atoms with Crippen molar-refractivity contribution in [2.45, 2.75) is 20.4 Å². The highest BCUT2D eigenvalue weighted by molar-refractivity contribution is 7.17. The van der Waals surface area contributed by atoms with Gasteiger partial charge in [-0.2, -0.15) is 0 Å². The number of nitrogens with one attached hydrogen (secondary N) is 1. The van der Waals surface area contributed by atoms with Gasteiger partial charge in [0.1, 0.15) is 11.5 Å². The van der Waals surface area contributed by atoms with Crippen LogP contribution < -0.4 is 11.2 Å². The van der Waals surface area contributed by atoms with Gasteiger partial charge in [0.15, 0.2) is 0 Å². The lowest BCUT2D eigenvalue weighted by molar-refractivity contribution is 0.434. The number of aryl methyl sites for hydroxylation is 2. The van der Waals surface area contributed by atoms with Gasteiger partial charge < -0.3 is 0 Å². The lowest BCUT2D eigenvalue weighted by Crippen LogP contribution is -2.35. The maximum Gasteiger partial charge on any atom is 0.329 e. The first-order valence-corrected chi connectivity index (χ1v) is 7.79. The number of hydrogen-bond donors (Lipinski definition) is 1. The van der Waals surface area contributed by atoms with Crippen LogP contribution in [0.1, 0.15) is 11.1 Å². The number of aromatic nitrogens is 2. The average molecular weight is 318 g/mol. The minimum atomic E-state index is -0.752. The molecule has 2 aromatic heterocycles. The number of fused-ring (bicyclic) bond motifs is 1. The SMILES string of the molecule is Cc1ccc(-c2csc3[nH]c(=O)n(CCF)c(=O)c23)cc1C. The Balaban J connectivity index is 2.31. The van der Waals surface area contributed by atoms with Crippen LogP contribution in [-0.2, 0) is 6.54 Å². The number of benzene rings is 1. The molecule has 0 aliphatic rings. The summed E-state index contributed by atoms with van der Waals surface area (Å²) in [5.74, 6) is 0. The smallest absolute Gasteiger partial charge is 0.298 e. The molecule has 0 aliphatic carbocycles. The van der Waals surface area contributed by atoms with Gasteiger partial charge in [-0.15, -0.1) is 11.3 Å². The normalized spacial score (nSPS) is 11.2. The largest absolute Gasteiger partial charge is 0.329 e. The molecule has 6 heteroatoms. The Morgan fingerprint density at radius 2 is 2.00 bits per heavy atom. The first-order valence-electron chi connectivity index (χ1n) is 6.91. The Hall–Kier alpha value is -2.21. The average Bonchev–Trinajstić information content (AvgIpc) is 2.90. The van der Waals surface area contributed by atoms with Crippen molar-refractivity contribution in [2.75, 3.05) is 6.67 Å². The van der Waals surface area contributed by atoms with Gasteiger partial charge >= 0.3 is 5.69 Å². The first-order chi connectivity index (χ1) is 10.5. The number of halogens is 1. The fourth-order valence-corrected chi connectivity index (χ4v) is 3.41. The second-order valence-electron chi connectivity index (χ2n) is 5.23. The van der Waals surface area contributed by atoms with Crippen LogP contribution in [0.5, 0.6) is 0 Å². The summed E-state index contributed by atoms with van der Waals surface area (Å²) in [7, 11) is 0. The molecule has 4 nitrogen and oxygen atoms in total. The molecule has 0 bridgehead atoms. The molecule has 2 heterocycles. The van der Waals surface area contributed by atoms with Crippen LogP contribution in [0.25, 0.3) is 21.3 Å². The molecule has 0 saturated heterocycles. The second-order valence-corrected chi connectivity index (χ2v) is 6.11. The van der Waals surface area contributed by atoms with E-state index in [1.54, 1.807) is 0 Å². The van der Waals surface area contributed by atoms with E-state index in [-0.39, 0.29) is 6.54 Å². The van der Waals surface area contributed by atoms with Gasteiger partial charge in [0.25, 0.3) is 5.56 Å². The summed E-state index contributed by atoms with van der Waals surface area (Å²) in [4.78, 5) is 27.6. The number of rotatable bonds is 3. The van der Waals surface area contributed by atoms with Crippen molar-refractivity contribution < 1.29 is 4.39 Å². The minimum Gasteiger partial charge on any atom is -0.298 e. The lowest BCUT2D eigenvalue weighted by atomic mass is 10.0. The van der Waals surface area contributed by atoms with Crippen LogP contribution in [0.3, 0.4) is 0 Å². The highest BCUT2D eigenvalue weighted by Gasteiger charge is 2.15. The Morgan fingerprint density at radius 3 is 2.68 bits per heavy atom. The molecule has 0 aliphatic heterocycles. The molecular weight excluding hydrogens is 303 g/mol. The van der Waals surface area contributed by atoms with Gasteiger partial charge in [0.05, 0.1) is 11.9 Å². The topological polar surface area (TPSA) is 54.9 Å². The Bertz CT molecular complexity index is 968. The third-order valence-corrected chi connectivity index (χ3v) is 4.74. The predicted octanol–water partition coefficient (Wildman–Crippen LogP) is 3.00. The van der Waals surface area contributed by atoms with Crippen molar-refractivity contribution in [2.24, 2.45) is 0 Å². The van der Waals surface area contributed by atoms with E-state index in [1.807, 2.05) is 37.4 Å². The summed E-state index contributed by atoms with van der Waals surface area (Å²) in [6, 6.07) is 5.97. The molecule has 1 aromatic carbocycles. The molecule has 0 radical (unpaired) electrons. The van der Waals surface area contributed by atoms with Gasteiger partial charge in [-0.1, -0.05) is 18.2 Å². The zero-order valence-corrected chi connectivity index (χ0v) is 13.1. The second kappa shape index (κ2) is 5.53. The molecule has 0 spiro atoms. The van der Waals surface area contributed by atoms with Crippen LogP contribution in [0.2, 0.25) is 0 Å².